The summed E-state index contributed by atoms with van der Waals surface area (Å²) in [4.78, 5) is 22.5. The zero-order chi connectivity index (χ0) is 23.8. The zero-order valence-corrected chi connectivity index (χ0v) is 20.3. The average molecular weight is 475 g/mol. The van der Waals surface area contributed by atoms with Crippen molar-refractivity contribution in [3.05, 3.63) is 76.6 Å². The third kappa shape index (κ3) is 4.19. The lowest BCUT2D eigenvalue weighted by atomic mass is 10.1. The van der Waals surface area contributed by atoms with Gasteiger partial charge in [-0.2, -0.15) is 5.10 Å². The number of benzene rings is 2. The summed E-state index contributed by atoms with van der Waals surface area (Å²) in [5.74, 6) is -0.0296. The Morgan fingerprint density at radius 2 is 1.76 bits per heavy atom. The second kappa shape index (κ2) is 8.99. The second-order valence-electron chi connectivity index (χ2n) is 8.70. The lowest BCUT2D eigenvalue weighted by Gasteiger charge is -2.36. The van der Waals surface area contributed by atoms with Crippen LogP contribution in [0.3, 0.4) is 0 Å². The largest absolute Gasteiger partial charge is 0.368 e. The molecule has 0 saturated carbocycles. The van der Waals surface area contributed by atoms with Gasteiger partial charge in [-0.15, -0.1) is 0 Å². The minimum Gasteiger partial charge on any atom is -0.368 e. The van der Waals surface area contributed by atoms with Crippen molar-refractivity contribution in [1.82, 2.24) is 19.7 Å². The maximum atomic E-state index is 13.7. The second-order valence-corrected chi connectivity index (χ2v) is 9.14. The number of anilines is 3. The van der Waals surface area contributed by atoms with Crippen LogP contribution in [0.2, 0.25) is 5.02 Å². The third-order valence-electron chi connectivity index (χ3n) is 6.32. The first-order valence-electron chi connectivity index (χ1n) is 11.4. The minimum atomic E-state index is -0.0296. The van der Waals surface area contributed by atoms with Crippen LogP contribution < -0.4 is 10.2 Å². The number of amides is 1. The number of fused-ring (bicyclic) bond motifs is 1. The van der Waals surface area contributed by atoms with Crippen LogP contribution in [-0.2, 0) is 7.05 Å². The van der Waals surface area contributed by atoms with Gasteiger partial charge in [0.05, 0.1) is 22.3 Å². The van der Waals surface area contributed by atoms with Gasteiger partial charge in [-0.1, -0.05) is 35.4 Å². The molecule has 0 atom stereocenters. The van der Waals surface area contributed by atoms with Crippen LogP contribution in [0.4, 0.5) is 17.1 Å². The summed E-state index contributed by atoms with van der Waals surface area (Å²) in [6.45, 7) is 6.74. The summed E-state index contributed by atoms with van der Waals surface area (Å²) in [7, 11) is 1.87. The number of halogens is 1. The average Bonchev–Trinajstić information content (AvgIpc) is 3.14. The molecule has 2 aromatic heterocycles. The highest BCUT2D eigenvalue weighted by atomic mass is 35.5. The van der Waals surface area contributed by atoms with Gasteiger partial charge < -0.3 is 15.1 Å². The smallest absolute Gasteiger partial charge is 0.257 e. The van der Waals surface area contributed by atoms with Crippen molar-refractivity contribution in [2.45, 2.75) is 13.8 Å². The third-order valence-corrected chi connectivity index (χ3v) is 6.55. The summed E-state index contributed by atoms with van der Waals surface area (Å²) < 4.78 is 1.75. The molecule has 7 nitrogen and oxygen atoms in total. The molecule has 5 rings (SSSR count). The van der Waals surface area contributed by atoms with Crippen molar-refractivity contribution < 1.29 is 4.79 Å². The van der Waals surface area contributed by atoms with Crippen LogP contribution in [0.15, 0.2) is 54.7 Å². The molecule has 0 radical (unpaired) electrons. The van der Waals surface area contributed by atoms with Gasteiger partial charge in [0.15, 0.2) is 5.65 Å². The maximum Gasteiger partial charge on any atom is 0.257 e. The fourth-order valence-electron chi connectivity index (χ4n) is 4.50. The SMILES string of the molecule is Cc1ccc(Nc2c(C(=O)N3CCN(c4cccc(Cl)c4)CC3)cnc3c2c(C)nn3C)cc1. The Balaban J connectivity index is 1.45. The number of aryl methyl sites for hydroxylation is 3. The van der Waals surface area contributed by atoms with Crippen LogP contribution >= 0.6 is 11.6 Å². The first-order valence-corrected chi connectivity index (χ1v) is 11.7. The molecule has 0 bridgehead atoms. The number of aromatic nitrogens is 3. The van der Waals surface area contributed by atoms with Gasteiger partial charge in [0.25, 0.3) is 5.91 Å². The van der Waals surface area contributed by atoms with Gasteiger partial charge in [0, 0.05) is 55.8 Å². The van der Waals surface area contributed by atoms with Gasteiger partial charge >= 0.3 is 0 Å². The molecule has 1 fully saturated rings. The quantitative estimate of drug-likeness (QED) is 0.453. The number of piperazine rings is 1. The van der Waals surface area contributed by atoms with E-state index in [0.29, 0.717) is 23.7 Å². The van der Waals surface area contributed by atoms with Gasteiger partial charge in [0.2, 0.25) is 0 Å². The highest BCUT2D eigenvalue weighted by Crippen LogP contribution is 2.32. The molecule has 1 aliphatic heterocycles. The number of carbonyl (C=O) groups is 1. The summed E-state index contributed by atoms with van der Waals surface area (Å²) in [5.41, 5.74) is 6.06. The highest BCUT2D eigenvalue weighted by molar-refractivity contribution is 6.30. The van der Waals surface area contributed by atoms with E-state index in [1.54, 1.807) is 10.9 Å². The molecule has 174 valence electrons. The van der Waals surface area contributed by atoms with Crippen molar-refractivity contribution in [2.75, 3.05) is 36.4 Å². The van der Waals surface area contributed by atoms with Gasteiger partial charge in [-0.3, -0.25) is 9.48 Å². The van der Waals surface area contributed by atoms with Crippen molar-refractivity contribution in [2.24, 2.45) is 7.05 Å². The van der Waals surface area contributed by atoms with E-state index in [1.165, 1.54) is 5.56 Å². The minimum absolute atomic E-state index is 0.0296. The number of carbonyl (C=O) groups excluding carboxylic acids is 1. The van der Waals surface area contributed by atoms with E-state index in [1.807, 2.05) is 61.3 Å². The van der Waals surface area contributed by atoms with Crippen molar-refractivity contribution in [3.8, 4) is 0 Å². The van der Waals surface area contributed by atoms with Gasteiger partial charge in [-0.25, -0.2) is 4.98 Å². The molecule has 0 aliphatic carbocycles. The van der Waals surface area contributed by atoms with Crippen LogP contribution in [0.1, 0.15) is 21.6 Å². The predicted octanol–water partition coefficient (Wildman–Crippen LogP) is 4.94. The normalized spacial score (nSPS) is 14.0. The summed E-state index contributed by atoms with van der Waals surface area (Å²) in [5, 5.41) is 9.62. The topological polar surface area (TPSA) is 66.3 Å². The molecule has 1 amide bonds. The summed E-state index contributed by atoms with van der Waals surface area (Å²) in [6.07, 6.45) is 1.67. The van der Waals surface area contributed by atoms with Crippen molar-refractivity contribution >= 4 is 45.6 Å². The number of nitrogens with zero attached hydrogens (tertiary/aromatic N) is 5. The van der Waals surface area contributed by atoms with Gasteiger partial charge in [-0.05, 0) is 44.2 Å². The van der Waals surface area contributed by atoms with E-state index in [0.717, 1.165) is 46.9 Å². The Morgan fingerprint density at radius 1 is 1.03 bits per heavy atom. The van der Waals surface area contributed by atoms with Crippen molar-refractivity contribution in [1.29, 1.82) is 0 Å². The predicted molar refractivity (Wildman–Crippen MR) is 137 cm³/mol. The van der Waals surface area contributed by atoms with E-state index in [-0.39, 0.29) is 5.91 Å². The van der Waals surface area contributed by atoms with E-state index >= 15 is 0 Å². The molecule has 0 unspecified atom stereocenters. The summed E-state index contributed by atoms with van der Waals surface area (Å²) >= 11 is 6.17. The fraction of sp³-hybridized carbons (Fsp3) is 0.269. The van der Waals surface area contributed by atoms with E-state index in [4.69, 9.17) is 11.6 Å². The standard InChI is InChI=1S/C26H27ClN6O/c1-17-7-9-20(10-8-17)29-24-22(16-28-25-23(24)18(2)30-31(25)3)26(34)33-13-11-32(12-14-33)21-6-4-5-19(27)15-21/h4-10,15-16H,11-14H2,1-3H3,(H,28,29). The number of rotatable bonds is 4. The molecule has 3 heterocycles. The number of hydrogen-bond donors (Lipinski definition) is 1. The Hall–Kier alpha value is -3.58. The van der Waals surface area contributed by atoms with Crippen molar-refractivity contribution in [3.63, 3.8) is 0 Å². The Bertz CT molecular complexity index is 1360. The molecule has 1 saturated heterocycles. The van der Waals surface area contributed by atoms with Gasteiger partial charge in [0.1, 0.15) is 0 Å². The first-order chi connectivity index (χ1) is 16.4. The number of hydrogen-bond acceptors (Lipinski definition) is 5. The highest BCUT2D eigenvalue weighted by Gasteiger charge is 2.27. The lowest BCUT2D eigenvalue weighted by molar-refractivity contribution is 0.0747. The molecule has 4 aromatic rings. The maximum absolute atomic E-state index is 13.7. The Kier molecular flexibility index (Phi) is 5.87. The van der Waals surface area contributed by atoms with Crippen LogP contribution in [-0.4, -0.2) is 51.8 Å². The molecule has 1 N–H and O–H groups in total. The molecule has 8 heteroatoms. The number of nitrogens with one attached hydrogen (secondary N) is 1. The van der Waals surface area contributed by atoms with E-state index in [2.05, 4.69) is 33.3 Å². The molecular formula is C26H27ClN6O. The number of pyridine rings is 1. The monoisotopic (exact) mass is 474 g/mol. The lowest BCUT2D eigenvalue weighted by Crippen LogP contribution is -2.49. The Labute approximate surface area is 204 Å². The molecule has 1 aliphatic rings. The van der Waals surface area contributed by atoms with Crippen LogP contribution in [0, 0.1) is 13.8 Å². The van der Waals surface area contributed by atoms with Crippen LogP contribution in [0.5, 0.6) is 0 Å². The molecule has 2 aromatic carbocycles. The van der Waals surface area contributed by atoms with E-state index < -0.39 is 0 Å². The fourth-order valence-corrected chi connectivity index (χ4v) is 4.68. The summed E-state index contributed by atoms with van der Waals surface area (Å²) in [6, 6.07) is 16.0. The van der Waals surface area contributed by atoms with E-state index in [9.17, 15) is 4.79 Å². The zero-order valence-electron chi connectivity index (χ0n) is 19.5. The van der Waals surface area contributed by atoms with Crippen LogP contribution in [0.25, 0.3) is 11.0 Å². The first kappa shape index (κ1) is 22.2. The molecule has 0 spiro atoms. The molecule has 34 heavy (non-hydrogen) atoms. The molecular weight excluding hydrogens is 448 g/mol. The Morgan fingerprint density at radius 3 is 2.47 bits per heavy atom.